The van der Waals surface area contributed by atoms with E-state index in [4.69, 9.17) is 4.74 Å². The number of benzene rings is 1. The number of aryl methyl sites for hydroxylation is 1. The van der Waals surface area contributed by atoms with E-state index in [2.05, 4.69) is 58.4 Å². The van der Waals surface area contributed by atoms with Crippen LogP contribution in [0.3, 0.4) is 0 Å². The highest BCUT2D eigenvalue weighted by molar-refractivity contribution is 5.86. The van der Waals surface area contributed by atoms with E-state index < -0.39 is 0 Å². The Kier molecular flexibility index (Phi) is 5.49. The molecule has 0 saturated carbocycles. The Morgan fingerprint density at radius 2 is 2.23 bits per heavy atom. The molecule has 0 spiro atoms. The molecule has 1 aliphatic heterocycles. The molecule has 3 rings (SSSR count). The standard InChI is InChI=1S/C20H28N4O2/c1-13-6-5-7-17-18(13)15(10-23-17)8-9-22-20(21-3)24-11-14(2)16(12-24)19(25)26-4/h5-7,10,14,16,23H,8-9,11-12H2,1-4H3,(H,21,22). The summed E-state index contributed by atoms with van der Waals surface area (Å²) in [6, 6.07) is 6.33. The van der Waals surface area contributed by atoms with E-state index in [0.29, 0.717) is 6.54 Å². The van der Waals surface area contributed by atoms with Crippen molar-refractivity contribution in [3.8, 4) is 0 Å². The number of carbonyl (C=O) groups excluding carboxylic acids is 1. The van der Waals surface area contributed by atoms with Gasteiger partial charge in [-0.1, -0.05) is 19.1 Å². The van der Waals surface area contributed by atoms with E-state index in [1.807, 2.05) is 0 Å². The molecule has 0 aliphatic carbocycles. The third-order valence-corrected chi connectivity index (χ3v) is 5.30. The van der Waals surface area contributed by atoms with Gasteiger partial charge in [-0.25, -0.2) is 0 Å². The first-order valence-corrected chi connectivity index (χ1v) is 9.14. The molecule has 2 unspecified atom stereocenters. The van der Waals surface area contributed by atoms with Gasteiger partial charge in [0, 0.05) is 43.8 Å². The van der Waals surface area contributed by atoms with E-state index in [0.717, 1.165) is 25.5 Å². The van der Waals surface area contributed by atoms with Crippen LogP contribution in [-0.2, 0) is 16.0 Å². The number of guanidine groups is 1. The summed E-state index contributed by atoms with van der Waals surface area (Å²) in [4.78, 5) is 21.8. The first-order valence-electron chi connectivity index (χ1n) is 9.14. The predicted octanol–water partition coefficient (Wildman–Crippen LogP) is 2.34. The number of aliphatic imine (C=N–C) groups is 1. The van der Waals surface area contributed by atoms with Gasteiger partial charge >= 0.3 is 5.97 Å². The van der Waals surface area contributed by atoms with E-state index in [9.17, 15) is 4.79 Å². The lowest BCUT2D eigenvalue weighted by Crippen LogP contribution is -2.41. The monoisotopic (exact) mass is 356 g/mol. The number of ether oxygens (including phenoxy) is 1. The van der Waals surface area contributed by atoms with Crippen LogP contribution in [0.2, 0.25) is 0 Å². The van der Waals surface area contributed by atoms with Gasteiger partial charge in [-0.2, -0.15) is 0 Å². The van der Waals surface area contributed by atoms with Crippen molar-refractivity contribution in [2.24, 2.45) is 16.8 Å². The molecule has 2 N–H and O–H groups in total. The quantitative estimate of drug-likeness (QED) is 0.501. The third kappa shape index (κ3) is 3.54. The number of hydrogen-bond donors (Lipinski definition) is 2. The Morgan fingerprint density at radius 1 is 1.42 bits per heavy atom. The van der Waals surface area contributed by atoms with Gasteiger partial charge in [-0.3, -0.25) is 9.79 Å². The van der Waals surface area contributed by atoms with Gasteiger partial charge in [0.05, 0.1) is 13.0 Å². The van der Waals surface area contributed by atoms with Crippen LogP contribution in [0.25, 0.3) is 10.9 Å². The van der Waals surface area contributed by atoms with Crippen molar-refractivity contribution in [1.82, 2.24) is 15.2 Å². The molecular weight excluding hydrogens is 328 g/mol. The number of esters is 1. The van der Waals surface area contributed by atoms with Crippen LogP contribution in [0.15, 0.2) is 29.4 Å². The summed E-state index contributed by atoms with van der Waals surface area (Å²) >= 11 is 0. The SMILES string of the molecule is CN=C(NCCc1c[nH]c2cccc(C)c12)N1CC(C)C(C(=O)OC)C1. The van der Waals surface area contributed by atoms with Gasteiger partial charge in [0.15, 0.2) is 5.96 Å². The average molecular weight is 356 g/mol. The summed E-state index contributed by atoms with van der Waals surface area (Å²) in [6.45, 7) is 6.49. The Labute approximate surface area is 154 Å². The van der Waals surface area contributed by atoms with Gasteiger partial charge in [0.25, 0.3) is 0 Å². The molecule has 0 bridgehead atoms. The average Bonchev–Trinajstić information content (AvgIpc) is 3.22. The van der Waals surface area contributed by atoms with Gasteiger partial charge in [-0.15, -0.1) is 0 Å². The van der Waals surface area contributed by atoms with E-state index in [-0.39, 0.29) is 17.8 Å². The summed E-state index contributed by atoms with van der Waals surface area (Å²) in [7, 11) is 3.24. The second-order valence-corrected chi connectivity index (χ2v) is 7.05. The minimum absolute atomic E-state index is 0.0881. The van der Waals surface area contributed by atoms with Crippen LogP contribution in [0.1, 0.15) is 18.1 Å². The van der Waals surface area contributed by atoms with Gasteiger partial charge in [0.2, 0.25) is 0 Å². The molecule has 26 heavy (non-hydrogen) atoms. The van der Waals surface area contributed by atoms with Crippen LogP contribution in [0.4, 0.5) is 0 Å². The van der Waals surface area contributed by atoms with Gasteiger partial charge in [-0.05, 0) is 36.5 Å². The van der Waals surface area contributed by atoms with Crippen molar-refractivity contribution in [2.45, 2.75) is 20.3 Å². The van der Waals surface area contributed by atoms with Crippen molar-refractivity contribution < 1.29 is 9.53 Å². The van der Waals surface area contributed by atoms with Crippen LogP contribution in [-0.4, -0.2) is 55.6 Å². The number of aromatic nitrogens is 1. The zero-order valence-electron chi connectivity index (χ0n) is 16.0. The molecule has 0 radical (unpaired) electrons. The number of likely N-dealkylation sites (tertiary alicyclic amines) is 1. The topological polar surface area (TPSA) is 69.7 Å². The molecular formula is C20H28N4O2. The van der Waals surface area contributed by atoms with Crippen LogP contribution < -0.4 is 5.32 Å². The lowest BCUT2D eigenvalue weighted by molar-refractivity contribution is -0.145. The molecule has 1 aromatic heterocycles. The fourth-order valence-electron chi connectivity index (χ4n) is 3.89. The highest BCUT2D eigenvalue weighted by atomic mass is 16.5. The van der Waals surface area contributed by atoms with Gasteiger partial charge in [0.1, 0.15) is 0 Å². The van der Waals surface area contributed by atoms with Crippen molar-refractivity contribution in [2.75, 3.05) is 33.8 Å². The second kappa shape index (κ2) is 7.81. The largest absolute Gasteiger partial charge is 0.469 e. The second-order valence-electron chi connectivity index (χ2n) is 7.05. The number of rotatable bonds is 4. The Hall–Kier alpha value is -2.50. The number of aromatic amines is 1. The maximum Gasteiger partial charge on any atom is 0.310 e. The van der Waals surface area contributed by atoms with Crippen molar-refractivity contribution in [3.05, 3.63) is 35.5 Å². The molecule has 1 aliphatic rings. The fourth-order valence-corrected chi connectivity index (χ4v) is 3.89. The Bertz CT molecular complexity index is 811. The molecule has 1 fully saturated rings. The Balaban J connectivity index is 1.61. The summed E-state index contributed by atoms with van der Waals surface area (Å²) < 4.78 is 4.92. The molecule has 140 valence electrons. The van der Waals surface area contributed by atoms with Crippen molar-refractivity contribution in [3.63, 3.8) is 0 Å². The number of fused-ring (bicyclic) bond motifs is 1. The first kappa shape index (κ1) is 18.3. The minimum atomic E-state index is -0.135. The molecule has 2 aromatic rings. The predicted molar refractivity (Wildman–Crippen MR) is 104 cm³/mol. The molecule has 1 aromatic carbocycles. The summed E-state index contributed by atoms with van der Waals surface area (Å²) in [5.74, 6) is 0.886. The summed E-state index contributed by atoms with van der Waals surface area (Å²) in [5, 5.41) is 4.75. The van der Waals surface area contributed by atoms with E-state index in [1.54, 1.807) is 7.05 Å². The molecule has 1 saturated heterocycles. The highest BCUT2D eigenvalue weighted by Gasteiger charge is 2.36. The summed E-state index contributed by atoms with van der Waals surface area (Å²) in [6.07, 6.45) is 3.00. The lowest BCUT2D eigenvalue weighted by Gasteiger charge is -2.21. The lowest BCUT2D eigenvalue weighted by atomic mass is 9.99. The maximum absolute atomic E-state index is 11.9. The highest BCUT2D eigenvalue weighted by Crippen LogP contribution is 2.24. The maximum atomic E-state index is 11.9. The molecule has 0 amide bonds. The third-order valence-electron chi connectivity index (χ3n) is 5.30. The number of nitrogens with zero attached hydrogens (tertiary/aromatic N) is 2. The molecule has 6 nitrogen and oxygen atoms in total. The van der Waals surface area contributed by atoms with E-state index in [1.165, 1.54) is 29.1 Å². The smallest absolute Gasteiger partial charge is 0.310 e. The number of carbonyl (C=O) groups is 1. The Morgan fingerprint density at radius 3 is 2.96 bits per heavy atom. The van der Waals surface area contributed by atoms with Crippen molar-refractivity contribution in [1.29, 1.82) is 0 Å². The molecule has 2 heterocycles. The fraction of sp³-hybridized carbons (Fsp3) is 0.500. The first-order chi connectivity index (χ1) is 12.5. The number of H-pyrrole nitrogens is 1. The number of hydrogen-bond acceptors (Lipinski definition) is 3. The molecule has 6 heteroatoms. The zero-order valence-corrected chi connectivity index (χ0v) is 16.0. The molecule has 2 atom stereocenters. The number of nitrogens with one attached hydrogen (secondary N) is 2. The van der Waals surface area contributed by atoms with Gasteiger partial charge < -0.3 is 19.9 Å². The van der Waals surface area contributed by atoms with Crippen LogP contribution >= 0.6 is 0 Å². The van der Waals surface area contributed by atoms with Crippen LogP contribution in [0, 0.1) is 18.8 Å². The zero-order chi connectivity index (χ0) is 18.7. The number of methoxy groups -OCH3 is 1. The minimum Gasteiger partial charge on any atom is -0.469 e. The van der Waals surface area contributed by atoms with E-state index >= 15 is 0 Å². The van der Waals surface area contributed by atoms with Crippen LogP contribution in [0.5, 0.6) is 0 Å². The summed E-state index contributed by atoms with van der Waals surface area (Å²) in [5.41, 5.74) is 3.78. The normalized spacial score (nSPS) is 20.6. The van der Waals surface area contributed by atoms with Crippen molar-refractivity contribution >= 4 is 22.8 Å².